The summed E-state index contributed by atoms with van der Waals surface area (Å²) in [6, 6.07) is 1.15. The molecule has 2 heterocycles. The number of hydrogen-bond acceptors (Lipinski definition) is 3. The number of carbonyl (C=O) groups excluding carboxylic acids is 1. The first kappa shape index (κ1) is 11.9. The molecule has 2 N–H and O–H groups in total. The molecule has 92 valence electrons. The van der Waals surface area contributed by atoms with Gasteiger partial charge >= 0.3 is 0 Å². The lowest BCUT2D eigenvalue weighted by molar-refractivity contribution is -0.135. The number of nitrogens with zero attached hydrogens (tertiary/aromatic N) is 1. The smallest absolute Gasteiger partial charge is 0.224 e. The van der Waals surface area contributed by atoms with Gasteiger partial charge in [0.1, 0.15) is 0 Å². The van der Waals surface area contributed by atoms with Crippen molar-refractivity contribution in [3.8, 4) is 0 Å². The van der Waals surface area contributed by atoms with Crippen molar-refractivity contribution in [3.05, 3.63) is 0 Å². The third-order valence-corrected chi connectivity index (χ3v) is 3.94. The fourth-order valence-corrected chi connectivity index (χ4v) is 2.67. The van der Waals surface area contributed by atoms with Crippen molar-refractivity contribution >= 4 is 5.91 Å². The summed E-state index contributed by atoms with van der Waals surface area (Å²) >= 11 is 0. The van der Waals surface area contributed by atoms with Gasteiger partial charge in [-0.15, -0.1) is 0 Å². The molecule has 16 heavy (non-hydrogen) atoms. The molecule has 0 radical (unpaired) electrons. The zero-order valence-corrected chi connectivity index (χ0v) is 10.3. The van der Waals surface area contributed by atoms with Crippen molar-refractivity contribution in [3.63, 3.8) is 0 Å². The first-order valence-electron chi connectivity index (χ1n) is 6.44. The first-order chi connectivity index (χ1) is 7.68. The van der Waals surface area contributed by atoms with E-state index in [1.165, 1.54) is 6.42 Å². The SMILES string of the molecule is CC1NCCN(C(=O)CC2CCCN2)C1C. The van der Waals surface area contributed by atoms with E-state index >= 15 is 0 Å². The van der Waals surface area contributed by atoms with Crippen LogP contribution in [0.4, 0.5) is 0 Å². The van der Waals surface area contributed by atoms with Crippen molar-refractivity contribution in [1.29, 1.82) is 0 Å². The molecule has 0 bridgehead atoms. The average molecular weight is 225 g/mol. The van der Waals surface area contributed by atoms with Crippen LogP contribution in [-0.4, -0.2) is 48.6 Å². The lowest BCUT2D eigenvalue weighted by Gasteiger charge is -2.39. The molecule has 2 saturated heterocycles. The predicted molar refractivity (Wildman–Crippen MR) is 64.3 cm³/mol. The quantitative estimate of drug-likeness (QED) is 0.712. The van der Waals surface area contributed by atoms with E-state index in [2.05, 4.69) is 24.5 Å². The standard InChI is InChI=1S/C12H23N3O/c1-9-10(2)15(7-6-13-9)12(16)8-11-4-3-5-14-11/h9-11,13-14H,3-8H2,1-2H3. The van der Waals surface area contributed by atoms with Crippen LogP contribution < -0.4 is 10.6 Å². The Labute approximate surface area is 97.8 Å². The molecule has 0 spiro atoms. The maximum atomic E-state index is 12.2. The Bertz CT molecular complexity index is 251. The van der Waals surface area contributed by atoms with Gasteiger partial charge in [0.05, 0.1) is 0 Å². The van der Waals surface area contributed by atoms with Crippen molar-refractivity contribution in [2.75, 3.05) is 19.6 Å². The van der Waals surface area contributed by atoms with Gasteiger partial charge < -0.3 is 15.5 Å². The number of hydrogen-bond donors (Lipinski definition) is 2. The van der Waals surface area contributed by atoms with Crippen molar-refractivity contribution < 1.29 is 4.79 Å². The van der Waals surface area contributed by atoms with Gasteiger partial charge in [0, 0.05) is 37.6 Å². The van der Waals surface area contributed by atoms with Crippen LogP contribution in [0.1, 0.15) is 33.1 Å². The molecule has 2 aliphatic rings. The average Bonchev–Trinajstić information content (AvgIpc) is 2.74. The van der Waals surface area contributed by atoms with Crippen molar-refractivity contribution in [2.45, 2.75) is 51.2 Å². The van der Waals surface area contributed by atoms with E-state index in [4.69, 9.17) is 0 Å². The van der Waals surface area contributed by atoms with Crippen LogP contribution in [-0.2, 0) is 4.79 Å². The molecular weight excluding hydrogens is 202 g/mol. The van der Waals surface area contributed by atoms with Gasteiger partial charge in [0.25, 0.3) is 0 Å². The topological polar surface area (TPSA) is 44.4 Å². The summed E-state index contributed by atoms with van der Waals surface area (Å²) in [5.41, 5.74) is 0. The molecule has 2 rings (SSSR count). The van der Waals surface area contributed by atoms with Gasteiger partial charge in [0.15, 0.2) is 0 Å². The van der Waals surface area contributed by atoms with Crippen LogP contribution in [0.25, 0.3) is 0 Å². The summed E-state index contributed by atoms with van der Waals surface area (Å²) in [4.78, 5) is 14.2. The van der Waals surface area contributed by atoms with E-state index < -0.39 is 0 Å². The summed E-state index contributed by atoms with van der Waals surface area (Å²) in [5, 5.41) is 6.79. The lowest BCUT2D eigenvalue weighted by Crippen LogP contribution is -2.57. The summed E-state index contributed by atoms with van der Waals surface area (Å²) in [6.45, 7) is 7.15. The molecule has 2 aliphatic heterocycles. The van der Waals surface area contributed by atoms with Crippen LogP contribution in [0.3, 0.4) is 0 Å². The van der Waals surface area contributed by atoms with E-state index in [1.54, 1.807) is 0 Å². The number of amides is 1. The Hall–Kier alpha value is -0.610. The van der Waals surface area contributed by atoms with Gasteiger partial charge in [-0.3, -0.25) is 4.79 Å². The predicted octanol–water partition coefficient (Wildman–Crippen LogP) is 0.337. The monoisotopic (exact) mass is 225 g/mol. The number of nitrogens with one attached hydrogen (secondary N) is 2. The summed E-state index contributed by atoms with van der Waals surface area (Å²) in [7, 11) is 0. The van der Waals surface area contributed by atoms with E-state index in [9.17, 15) is 4.79 Å². The minimum Gasteiger partial charge on any atom is -0.337 e. The normalized spacial score (nSPS) is 35.4. The van der Waals surface area contributed by atoms with Crippen LogP contribution >= 0.6 is 0 Å². The molecule has 3 unspecified atom stereocenters. The second-order valence-electron chi connectivity index (χ2n) is 5.07. The Morgan fingerprint density at radius 2 is 2.12 bits per heavy atom. The Kier molecular flexibility index (Phi) is 3.82. The van der Waals surface area contributed by atoms with Crippen LogP contribution in [0, 0.1) is 0 Å². The summed E-state index contributed by atoms with van der Waals surface area (Å²) < 4.78 is 0. The molecule has 3 atom stereocenters. The van der Waals surface area contributed by atoms with Gasteiger partial charge in [-0.25, -0.2) is 0 Å². The third kappa shape index (κ3) is 2.55. The van der Waals surface area contributed by atoms with Crippen molar-refractivity contribution in [1.82, 2.24) is 15.5 Å². The second kappa shape index (κ2) is 5.15. The molecule has 0 aliphatic carbocycles. The largest absolute Gasteiger partial charge is 0.337 e. The molecule has 2 fully saturated rings. The maximum absolute atomic E-state index is 12.2. The maximum Gasteiger partial charge on any atom is 0.224 e. The summed E-state index contributed by atoms with van der Waals surface area (Å²) in [5.74, 6) is 0.320. The van der Waals surface area contributed by atoms with Gasteiger partial charge in [-0.05, 0) is 33.2 Å². The molecule has 4 nitrogen and oxygen atoms in total. The van der Waals surface area contributed by atoms with Gasteiger partial charge in [-0.2, -0.15) is 0 Å². The molecular formula is C12H23N3O. The number of rotatable bonds is 2. The zero-order chi connectivity index (χ0) is 11.5. The first-order valence-corrected chi connectivity index (χ1v) is 6.44. The Morgan fingerprint density at radius 1 is 1.31 bits per heavy atom. The third-order valence-electron chi connectivity index (χ3n) is 3.94. The lowest BCUT2D eigenvalue weighted by atomic mass is 10.0. The van der Waals surface area contributed by atoms with Crippen LogP contribution in [0.2, 0.25) is 0 Å². The Balaban J connectivity index is 1.87. The van der Waals surface area contributed by atoms with Gasteiger partial charge in [-0.1, -0.05) is 0 Å². The summed E-state index contributed by atoms with van der Waals surface area (Å²) in [6.07, 6.45) is 3.05. The van der Waals surface area contributed by atoms with E-state index in [-0.39, 0.29) is 0 Å². The molecule has 4 heteroatoms. The minimum absolute atomic E-state index is 0.320. The van der Waals surface area contributed by atoms with E-state index in [0.717, 1.165) is 26.1 Å². The van der Waals surface area contributed by atoms with E-state index in [0.29, 0.717) is 30.5 Å². The molecule has 0 aromatic rings. The fraction of sp³-hybridized carbons (Fsp3) is 0.917. The highest BCUT2D eigenvalue weighted by Gasteiger charge is 2.29. The van der Waals surface area contributed by atoms with Crippen LogP contribution in [0.5, 0.6) is 0 Å². The minimum atomic E-state index is 0.320. The van der Waals surface area contributed by atoms with E-state index in [1.807, 2.05) is 4.90 Å². The van der Waals surface area contributed by atoms with Crippen molar-refractivity contribution in [2.24, 2.45) is 0 Å². The molecule has 0 saturated carbocycles. The molecule has 0 aromatic heterocycles. The second-order valence-corrected chi connectivity index (χ2v) is 5.07. The highest BCUT2D eigenvalue weighted by molar-refractivity contribution is 5.77. The van der Waals surface area contributed by atoms with Crippen LogP contribution in [0.15, 0.2) is 0 Å². The zero-order valence-electron chi connectivity index (χ0n) is 10.3. The Morgan fingerprint density at radius 3 is 2.81 bits per heavy atom. The highest BCUT2D eigenvalue weighted by Crippen LogP contribution is 2.14. The van der Waals surface area contributed by atoms with Gasteiger partial charge in [0.2, 0.25) is 5.91 Å². The molecule has 0 aromatic carbocycles. The molecule has 1 amide bonds. The number of piperazine rings is 1. The fourth-order valence-electron chi connectivity index (χ4n) is 2.67. The highest BCUT2D eigenvalue weighted by atomic mass is 16.2. The number of carbonyl (C=O) groups is 1.